The highest BCUT2D eigenvalue weighted by molar-refractivity contribution is 5.81. The molecule has 0 fully saturated rings. The summed E-state index contributed by atoms with van der Waals surface area (Å²) >= 11 is 0. The molecular formula is C24H25NO2. The molecule has 27 heavy (non-hydrogen) atoms. The first-order chi connectivity index (χ1) is 13.0. The number of para-hydroxylation sites is 1. The lowest BCUT2D eigenvalue weighted by Crippen LogP contribution is -2.39. The number of aryl methyl sites for hydroxylation is 2. The van der Waals surface area contributed by atoms with Crippen LogP contribution in [0.5, 0.6) is 5.75 Å². The Balaban J connectivity index is 1.80. The first-order valence-corrected chi connectivity index (χ1v) is 9.19. The third-order valence-corrected chi connectivity index (χ3v) is 4.60. The summed E-state index contributed by atoms with van der Waals surface area (Å²) in [7, 11) is 0. The largest absolute Gasteiger partial charge is 0.481 e. The van der Waals surface area contributed by atoms with Crippen molar-refractivity contribution in [3.8, 4) is 5.75 Å². The molecule has 0 aliphatic carbocycles. The molecule has 0 aliphatic rings. The smallest absolute Gasteiger partial charge is 0.261 e. The van der Waals surface area contributed by atoms with Gasteiger partial charge in [0.25, 0.3) is 5.91 Å². The predicted octanol–water partition coefficient (Wildman–Crippen LogP) is 4.98. The number of nitrogens with one attached hydrogen (secondary N) is 1. The lowest BCUT2D eigenvalue weighted by atomic mass is 9.97. The summed E-state index contributed by atoms with van der Waals surface area (Å²) in [5.41, 5.74) is 4.28. The van der Waals surface area contributed by atoms with Crippen LogP contribution in [0.25, 0.3) is 0 Å². The van der Waals surface area contributed by atoms with Gasteiger partial charge in [-0.15, -0.1) is 0 Å². The number of hydrogen-bond acceptors (Lipinski definition) is 2. The molecule has 3 rings (SSSR count). The maximum absolute atomic E-state index is 12.8. The number of ether oxygens (including phenoxy) is 1. The molecule has 0 aliphatic heterocycles. The summed E-state index contributed by atoms with van der Waals surface area (Å²) in [5, 5.41) is 3.14. The van der Waals surface area contributed by atoms with Crippen molar-refractivity contribution in [3.63, 3.8) is 0 Å². The van der Waals surface area contributed by atoms with E-state index in [4.69, 9.17) is 4.74 Å². The second-order valence-corrected chi connectivity index (χ2v) is 6.79. The SMILES string of the molecule is Cc1ccc(C(NC(=O)C(C)Oc2ccccc2C)c2ccccc2)cc1. The zero-order valence-corrected chi connectivity index (χ0v) is 16.0. The van der Waals surface area contributed by atoms with E-state index in [1.54, 1.807) is 6.92 Å². The summed E-state index contributed by atoms with van der Waals surface area (Å²) < 4.78 is 5.89. The van der Waals surface area contributed by atoms with Gasteiger partial charge in [0.15, 0.2) is 6.10 Å². The molecule has 0 radical (unpaired) electrons. The molecule has 0 saturated heterocycles. The monoisotopic (exact) mass is 359 g/mol. The van der Waals surface area contributed by atoms with E-state index in [0.29, 0.717) is 0 Å². The van der Waals surface area contributed by atoms with Crippen molar-refractivity contribution in [2.45, 2.75) is 32.9 Å². The van der Waals surface area contributed by atoms with Crippen LogP contribution in [-0.2, 0) is 4.79 Å². The fourth-order valence-electron chi connectivity index (χ4n) is 2.96. The van der Waals surface area contributed by atoms with E-state index < -0.39 is 6.10 Å². The first-order valence-electron chi connectivity index (χ1n) is 9.19. The van der Waals surface area contributed by atoms with Gasteiger partial charge in [0.1, 0.15) is 5.75 Å². The topological polar surface area (TPSA) is 38.3 Å². The molecular weight excluding hydrogens is 334 g/mol. The van der Waals surface area contributed by atoms with E-state index in [1.807, 2.05) is 61.5 Å². The molecule has 3 heteroatoms. The molecule has 1 N–H and O–H groups in total. The van der Waals surface area contributed by atoms with Gasteiger partial charge < -0.3 is 10.1 Å². The van der Waals surface area contributed by atoms with E-state index in [-0.39, 0.29) is 11.9 Å². The lowest BCUT2D eigenvalue weighted by molar-refractivity contribution is -0.127. The third kappa shape index (κ3) is 4.76. The molecule has 3 nitrogen and oxygen atoms in total. The van der Waals surface area contributed by atoms with Gasteiger partial charge >= 0.3 is 0 Å². The molecule has 0 spiro atoms. The van der Waals surface area contributed by atoms with Crippen molar-refractivity contribution in [1.82, 2.24) is 5.32 Å². The second-order valence-electron chi connectivity index (χ2n) is 6.79. The Morgan fingerprint density at radius 1 is 0.815 bits per heavy atom. The van der Waals surface area contributed by atoms with Gasteiger partial charge in [-0.2, -0.15) is 0 Å². The summed E-state index contributed by atoms with van der Waals surface area (Å²) in [6.07, 6.45) is -0.595. The minimum Gasteiger partial charge on any atom is -0.481 e. The van der Waals surface area contributed by atoms with E-state index >= 15 is 0 Å². The summed E-state index contributed by atoms with van der Waals surface area (Å²) in [5.74, 6) is 0.583. The predicted molar refractivity (Wildman–Crippen MR) is 109 cm³/mol. The summed E-state index contributed by atoms with van der Waals surface area (Å²) in [4.78, 5) is 12.8. The highest BCUT2D eigenvalue weighted by atomic mass is 16.5. The number of rotatable bonds is 6. The molecule has 1 amide bonds. The Kier molecular flexibility index (Phi) is 5.92. The molecule has 3 aromatic rings. The average Bonchev–Trinajstić information content (AvgIpc) is 2.69. The second kappa shape index (κ2) is 8.54. The molecule has 138 valence electrons. The average molecular weight is 359 g/mol. The Morgan fingerprint density at radius 2 is 1.41 bits per heavy atom. The van der Waals surface area contributed by atoms with Crippen LogP contribution in [0.4, 0.5) is 0 Å². The van der Waals surface area contributed by atoms with Gasteiger partial charge in [-0.25, -0.2) is 0 Å². The molecule has 3 aromatic carbocycles. The van der Waals surface area contributed by atoms with Crippen LogP contribution in [0.2, 0.25) is 0 Å². The van der Waals surface area contributed by atoms with Crippen LogP contribution < -0.4 is 10.1 Å². The maximum atomic E-state index is 12.8. The van der Waals surface area contributed by atoms with Crippen molar-refractivity contribution in [1.29, 1.82) is 0 Å². The Morgan fingerprint density at radius 3 is 2.07 bits per heavy atom. The Hall–Kier alpha value is -3.07. The van der Waals surface area contributed by atoms with E-state index in [9.17, 15) is 4.79 Å². The van der Waals surface area contributed by atoms with Gasteiger partial charge in [0.05, 0.1) is 6.04 Å². The number of hydrogen-bond donors (Lipinski definition) is 1. The van der Waals surface area contributed by atoms with E-state index in [1.165, 1.54) is 5.56 Å². The Bertz CT molecular complexity index is 888. The fraction of sp³-hybridized carbons (Fsp3) is 0.208. The van der Waals surface area contributed by atoms with Crippen LogP contribution in [-0.4, -0.2) is 12.0 Å². The third-order valence-electron chi connectivity index (χ3n) is 4.60. The minimum atomic E-state index is -0.595. The van der Waals surface area contributed by atoms with Crippen molar-refractivity contribution in [2.24, 2.45) is 0 Å². The normalized spacial score (nSPS) is 12.9. The number of carbonyl (C=O) groups excluding carboxylic acids is 1. The number of amides is 1. The molecule has 2 unspecified atom stereocenters. The van der Waals surface area contributed by atoms with Gasteiger partial charge in [-0.05, 0) is 43.5 Å². The molecule has 0 saturated carbocycles. The number of carbonyl (C=O) groups is 1. The van der Waals surface area contributed by atoms with Crippen molar-refractivity contribution in [2.75, 3.05) is 0 Å². The van der Waals surface area contributed by atoms with Gasteiger partial charge in [-0.1, -0.05) is 78.4 Å². The fourth-order valence-corrected chi connectivity index (χ4v) is 2.96. The highest BCUT2D eigenvalue weighted by Gasteiger charge is 2.22. The first kappa shape index (κ1) is 18.7. The van der Waals surface area contributed by atoms with Crippen LogP contribution in [0, 0.1) is 13.8 Å². The Labute approximate surface area is 161 Å². The molecule has 2 atom stereocenters. The van der Waals surface area contributed by atoms with Crippen LogP contribution >= 0.6 is 0 Å². The van der Waals surface area contributed by atoms with E-state index in [2.05, 4.69) is 36.5 Å². The zero-order chi connectivity index (χ0) is 19.2. The summed E-state index contributed by atoms with van der Waals surface area (Å²) in [6, 6.07) is 25.7. The van der Waals surface area contributed by atoms with Crippen LogP contribution in [0.3, 0.4) is 0 Å². The van der Waals surface area contributed by atoms with Crippen LogP contribution in [0.1, 0.15) is 35.2 Å². The highest BCUT2D eigenvalue weighted by Crippen LogP contribution is 2.23. The lowest BCUT2D eigenvalue weighted by Gasteiger charge is -2.23. The molecule has 0 heterocycles. The van der Waals surface area contributed by atoms with E-state index in [0.717, 1.165) is 22.4 Å². The standard InChI is InChI=1S/C24H25NO2/c1-17-13-15-21(16-14-17)23(20-10-5-4-6-11-20)25-24(26)19(3)27-22-12-8-7-9-18(22)2/h4-16,19,23H,1-3H3,(H,25,26). The van der Waals surface area contributed by atoms with Gasteiger partial charge in [0.2, 0.25) is 0 Å². The zero-order valence-electron chi connectivity index (χ0n) is 16.0. The quantitative estimate of drug-likeness (QED) is 0.674. The minimum absolute atomic E-state index is 0.146. The van der Waals surface area contributed by atoms with Crippen LogP contribution in [0.15, 0.2) is 78.9 Å². The number of benzene rings is 3. The summed E-state index contributed by atoms with van der Waals surface area (Å²) in [6.45, 7) is 5.80. The van der Waals surface area contributed by atoms with Crippen molar-refractivity contribution >= 4 is 5.91 Å². The van der Waals surface area contributed by atoms with Crippen molar-refractivity contribution < 1.29 is 9.53 Å². The van der Waals surface area contributed by atoms with Gasteiger partial charge in [0, 0.05) is 0 Å². The molecule has 0 aromatic heterocycles. The maximum Gasteiger partial charge on any atom is 0.261 e. The van der Waals surface area contributed by atoms with Gasteiger partial charge in [-0.3, -0.25) is 4.79 Å². The van der Waals surface area contributed by atoms with Crippen molar-refractivity contribution in [3.05, 3.63) is 101 Å². The molecule has 0 bridgehead atoms.